The Morgan fingerprint density at radius 1 is 1.14 bits per heavy atom. The zero-order valence-electron chi connectivity index (χ0n) is 16.2. The maximum absolute atomic E-state index is 13.5. The number of piperidine rings is 1. The molecule has 1 aromatic carbocycles. The van der Waals surface area contributed by atoms with Crippen LogP contribution in [0.5, 0.6) is 0 Å². The monoisotopic (exact) mass is 440 g/mol. The quantitative estimate of drug-likeness (QED) is 0.669. The van der Waals surface area contributed by atoms with Gasteiger partial charge in [0.1, 0.15) is 0 Å². The van der Waals surface area contributed by atoms with Gasteiger partial charge in [-0.15, -0.1) is 0 Å². The minimum Gasteiger partial charge on any atom is -0.410 e. The minimum absolute atomic E-state index is 0.225. The van der Waals surface area contributed by atoms with Crippen LogP contribution < -0.4 is 4.90 Å². The largest absolute Gasteiger partial charge is 0.410 e. The van der Waals surface area contributed by atoms with Crippen LogP contribution in [0.4, 0.5) is 5.69 Å². The summed E-state index contributed by atoms with van der Waals surface area (Å²) >= 11 is 12.2. The number of rotatable bonds is 4. The van der Waals surface area contributed by atoms with Gasteiger partial charge in [-0.3, -0.25) is 4.79 Å². The lowest BCUT2D eigenvalue weighted by Crippen LogP contribution is -2.53. The van der Waals surface area contributed by atoms with Gasteiger partial charge in [-0.1, -0.05) is 23.2 Å². The SMILES string of the molecule is CN1CCC(CN(C(=O)C2(C)OC(=O)C=CC(=O)O2)c2ccc(Cl)c(Cl)c2)CC1. The van der Waals surface area contributed by atoms with Crippen molar-refractivity contribution in [3.63, 3.8) is 0 Å². The number of hydrogen-bond donors (Lipinski definition) is 0. The highest BCUT2D eigenvalue weighted by atomic mass is 35.5. The molecule has 0 aliphatic carbocycles. The van der Waals surface area contributed by atoms with E-state index in [2.05, 4.69) is 11.9 Å². The molecule has 2 heterocycles. The Balaban J connectivity index is 1.92. The first kappa shape index (κ1) is 21.6. The third-order valence-corrected chi connectivity index (χ3v) is 5.81. The maximum atomic E-state index is 13.5. The fourth-order valence-corrected chi connectivity index (χ4v) is 3.70. The standard InChI is InChI=1S/C20H22Cl2N2O5/c1-20(28-17(25)5-6-18(26)29-20)19(27)24(12-13-7-9-23(2)10-8-13)14-3-4-15(21)16(22)11-14/h3-6,11,13H,7-10,12H2,1-2H3. The number of amides is 1. The smallest absolute Gasteiger partial charge is 0.334 e. The second-order valence-corrected chi connectivity index (χ2v) is 8.20. The number of ether oxygens (including phenoxy) is 2. The fraction of sp³-hybridized carbons (Fsp3) is 0.450. The average Bonchev–Trinajstić information content (AvgIpc) is 2.81. The van der Waals surface area contributed by atoms with Crippen LogP contribution >= 0.6 is 23.2 Å². The predicted octanol–water partition coefficient (Wildman–Crippen LogP) is 3.04. The van der Waals surface area contributed by atoms with Gasteiger partial charge in [0, 0.05) is 31.3 Å². The molecule has 0 aromatic heterocycles. The summed E-state index contributed by atoms with van der Waals surface area (Å²) in [4.78, 5) is 40.9. The van der Waals surface area contributed by atoms with Crippen LogP contribution in [-0.4, -0.2) is 55.2 Å². The van der Waals surface area contributed by atoms with Crippen LogP contribution in [0.2, 0.25) is 10.0 Å². The lowest BCUT2D eigenvalue weighted by Gasteiger charge is -2.36. The van der Waals surface area contributed by atoms with E-state index >= 15 is 0 Å². The lowest BCUT2D eigenvalue weighted by atomic mass is 9.96. The summed E-state index contributed by atoms with van der Waals surface area (Å²) in [5, 5.41) is 0.636. The molecular weight excluding hydrogens is 419 g/mol. The highest BCUT2D eigenvalue weighted by Gasteiger charge is 2.46. The minimum atomic E-state index is -2.09. The van der Waals surface area contributed by atoms with E-state index in [1.54, 1.807) is 18.2 Å². The molecule has 0 unspecified atom stereocenters. The number of cyclic esters (lactones) is 2. The average molecular weight is 441 g/mol. The summed E-state index contributed by atoms with van der Waals surface area (Å²) in [6.45, 7) is 3.46. The van der Waals surface area contributed by atoms with E-state index < -0.39 is 23.6 Å². The number of carbonyl (C=O) groups is 3. The molecule has 2 aliphatic heterocycles. The number of likely N-dealkylation sites (tertiary alicyclic amines) is 1. The van der Waals surface area contributed by atoms with E-state index in [9.17, 15) is 14.4 Å². The molecule has 0 N–H and O–H groups in total. The number of esters is 2. The number of hydrogen-bond acceptors (Lipinski definition) is 6. The second kappa shape index (κ2) is 8.73. The summed E-state index contributed by atoms with van der Waals surface area (Å²) in [5.74, 6) is -4.20. The van der Waals surface area contributed by atoms with Crippen molar-refractivity contribution in [2.75, 3.05) is 31.6 Å². The summed E-state index contributed by atoms with van der Waals surface area (Å²) < 4.78 is 10.3. The number of benzene rings is 1. The Hall–Kier alpha value is -2.09. The van der Waals surface area contributed by atoms with Crippen molar-refractivity contribution in [2.45, 2.75) is 25.6 Å². The molecule has 29 heavy (non-hydrogen) atoms. The van der Waals surface area contributed by atoms with Crippen molar-refractivity contribution in [1.82, 2.24) is 4.90 Å². The zero-order chi connectivity index (χ0) is 21.2. The van der Waals surface area contributed by atoms with Gasteiger partial charge >= 0.3 is 23.6 Å². The van der Waals surface area contributed by atoms with Crippen molar-refractivity contribution >= 4 is 46.7 Å². The third kappa shape index (κ3) is 5.10. The van der Waals surface area contributed by atoms with Crippen molar-refractivity contribution in [1.29, 1.82) is 0 Å². The van der Waals surface area contributed by atoms with Gasteiger partial charge in [0.05, 0.1) is 10.0 Å². The van der Waals surface area contributed by atoms with Crippen molar-refractivity contribution in [3.05, 3.63) is 40.4 Å². The highest BCUT2D eigenvalue weighted by Crippen LogP contribution is 2.31. The molecule has 3 rings (SSSR count). The Labute approximate surface area is 179 Å². The van der Waals surface area contributed by atoms with Crippen LogP contribution in [0.15, 0.2) is 30.4 Å². The molecule has 1 fully saturated rings. The molecule has 156 valence electrons. The van der Waals surface area contributed by atoms with Gasteiger partial charge in [0.25, 0.3) is 0 Å². The van der Waals surface area contributed by atoms with E-state index in [1.807, 2.05) is 0 Å². The molecule has 2 aliphatic rings. The Kier molecular flexibility index (Phi) is 6.51. The first-order chi connectivity index (χ1) is 13.7. The molecule has 1 aromatic rings. The maximum Gasteiger partial charge on any atom is 0.334 e. The van der Waals surface area contributed by atoms with Crippen LogP contribution in [0.25, 0.3) is 0 Å². The molecular formula is C20H22Cl2N2O5. The van der Waals surface area contributed by atoms with Gasteiger partial charge in [-0.05, 0) is 57.1 Å². The summed E-state index contributed by atoms with van der Waals surface area (Å²) in [7, 11) is 2.05. The number of nitrogens with zero attached hydrogens (tertiary/aromatic N) is 2. The van der Waals surface area contributed by atoms with Gasteiger partial charge < -0.3 is 19.3 Å². The topological polar surface area (TPSA) is 76.2 Å². The molecule has 9 heteroatoms. The molecule has 0 bridgehead atoms. The zero-order valence-corrected chi connectivity index (χ0v) is 17.7. The number of anilines is 1. The van der Waals surface area contributed by atoms with E-state index in [-0.39, 0.29) is 10.9 Å². The third-order valence-electron chi connectivity index (χ3n) is 5.07. The molecule has 1 amide bonds. The van der Waals surface area contributed by atoms with Gasteiger partial charge in [0.15, 0.2) is 0 Å². The van der Waals surface area contributed by atoms with E-state index in [0.29, 0.717) is 17.3 Å². The van der Waals surface area contributed by atoms with Crippen molar-refractivity contribution in [3.8, 4) is 0 Å². The van der Waals surface area contributed by atoms with Crippen LogP contribution in [0.1, 0.15) is 19.8 Å². The molecule has 1 saturated heterocycles. The van der Waals surface area contributed by atoms with Crippen molar-refractivity contribution < 1.29 is 23.9 Å². The van der Waals surface area contributed by atoms with E-state index in [1.165, 1.54) is 11.8 Å². The summed E-state index contributed by atoms with van der Waals surface area (Å²) in [5.41, 5.74) is 0.480. The number of halogens is 2. The van der Waals surface area contributed by atoms with Gasteiger partial charge in [0.2, 0.25) is 0 Å². The molecule has 0 atom stereocenters. The Morgan fingerprint density at radius 2 is 1.72 bits per heavy atom. The predicted molar refractivity (Wildman–Crippen MR) is 109 cm³/mol. The first-order valence-corrected chi connectivity index (χ1v) is 10.0. The fourth-order valence-electron chi connectivity index (χ4n) is 3.40. The van der Waals surface area contributed by atoms with E-state index in [4.69, 9.17) is 32.7 Å². The highest BCUT2D eigenvalue weighted by molar-refractivity contribution is 6.42. The lowest BCUT2D eigenvalue weighted by molar-refractivity contribution is -0.213. The van der Waals surface area contributed by atoms with Gasteiger partial charge in [-0.2, -0.15) is 0 Å². The summed E-state index contributed by atoms with van der Waals surface area (Å²) in [6, 6.07) is 4.81. The Bertz CT molecular complexity index is 829. The van der Waals surface area contributed by atoms with Crippen molar-refractivity contribution in [2.24, 2.45) is 5.92 Å². The molecule has 0 spiro atoms. The van der Waals surface area contributed by atoms with Gasteiger partial charge in [-0.25, -0.2) is 9.59 Å². The molecule has 0 radical (unpaired) electrons. The van der Waals surface area contributed by atoms with Crippen LogP contribution in [-0.2, 0) is 23.9 Å². The first-order valence-electron chi connectivity index (χ1n) is 9.27. The number of carbonyl (C=O) groups excluding carboxylic acids is 3. The molecule has 7 nitrogen and oxygen atoms in total. The molecule has 0 saturated carbocycles. The Morgan fingerprint density at radius 3 is 2.28 bits per heavy atom. The van der Waals surface area contributed by atoms with Crippen LogP contribution in [0.3, 0.4) is 0 Å². The van der Waals surface area contributed by atoms with E-state index in [0.717, 1.165) is 38.1 Å². The van der Waals surface area contributed by atoms with Crippen LogP contribution in [0, 0.1) is 5.92 Å². The summed E-state index contributed by atoms with van der Waals surface area (Å²) in [6.07, 6.45) is 3.67. The second-order valence-electron chi connectivity index (χ2n) is 7.38. The normalized spacial score (nSPS) is 20.0.